The van der Waals surface area contributed by atoms with Crippen molar-refractivity contribution in [2.24, 2.45) is 5.10 Å². The standard InChI is InChI=1S/C14H10IN3O3/c15-13-6-5-11(21-13)8-17-18-14(19)9-20-12-4-2-1-3-10(12)7-16/h1-6,8H,9H2,(H,18,19)/b17-8+. The van der Waals surface area contributed by atoms with Crippen LogP contribution in [0.25, 0.3) is 0 Å². The first-order chi connectivity index (χ1) is 10.2. The molecular formula is C14H10IN3O3. The predicted molar refractivity (Wildman–Crippen MR) is 83.8 cm³/mol. The maximum atomic E-state index is 11.5. The summed E-state index contributed by atoms with van der Waals surface area (Å²) < 4.78 is 11.2. The number of rotatable bonds is 5. The number of furan rings is 1. The second kappa shape index (κ2) is 7.44. The van der Waals surface area contributed by atoms with E-state index in [1.807, 2.05) is 28.7 Å². The van der Waals surface area contributed by atoms with Crippen molar-refractivity contribution in [1.82, 2.24) is 5.43 Å². The lowest BCUT2D eigenvalue weighted by Crippen LogP contribution is -2.24. The zero-order chi connectivity index (χ0) is 15.1. The maximum absolute atomic E-state index is 11.5. The second-order valence-electron chi connectivity index (χ2n) is 3.83. The molecule has 1 aromatic heterocycles. The van der Waals surface area contributed by atoms with E-state index in [2.05, 4.69) is 10.5 Å². The number of hydrazone groups is 1. The Labute approximate surface area is 134 Å². The van der Waals surface area contributed by atoms with Crippen LogP contribution in [0.4, 0.5) is 0 Å². The van der Waals surface area contributed by atoms with Gasteiger partial charge in [0.15, 0.2) is 10.4 Å². The second-order valence-corrected chi connectivity index (χ2v) is 4.89. The maximum Gasteiger partial charge on any atom is 0.277 e. The van der Waals surface area contributed by atoms with E-state index < -0.39 is 5.91 Å². The van der Waals surface area contributed by atoms with Gasteiger partial charge < -0.3 is 9.15 Å². The van der Waals surface area contributed by atoms with Crippen LogP contribution in [0, 0.1) is 15.1 Å². The first-order valence-electron chi connectivity index (χ1n) is 5.88. The molecule has 0 saturated carbocycles. The molecule has 6 nitrogen and oxygen atoms in total. The molecule has 1 aromatic carbocycles. The lowest BCUT2D eigenvalue weighted by molar-refractivity contribution is -0.123. The smallest absolute Gasteiger partial charge is 0.277 e. The van der Waals surface area contributed by atoms with E-state index in [0.29, 0.717) is 17.1 Å². The van der Waals surface area contributed by atoms with Gasteiger partial charge in [0.05, 0.1) is 11.8 Å². The van der Waals surface area contributed by atoms with E-state index in [4.69, 9.17) is 14.4 Å². The third-order valence-corrected chi connectivity index (χ3v) is 2.92. The first-order valence-corrected chi connectivity index (χ1v) is 6.96. The number of nitrogens with one attached hydrogen (secondary N) is 1. The van der Waals surface area contributed by atoms with E-state index in [1.54, 1.807) is 36.4 Å². The Balaban J connectivity index is 1.82. The molecule has 0 unspecified atom stereocenters. The van der Waals surface area contributed by atoms with Crippen LogP contribution >= 0.6 is 22.6 Å². The Morgan fingerprint density at radius 2 is 2.24 bits per heavy atom. The lowest BCUT2D eigenvalue weighted by atomic mass is 10.2. The molecule has 0 fully saturated rings. The average molecular weight is 395 g/mol. The number of benzene rings is 1. The summed E-state index contributed by atoms with van der Waals surface area (Å²) in [4.78, 5) is 11.5. The molecule has 7 heteroatoms. The largest absolute Gasteiger partial charge is 0.482 e. The van der Waals surface area contributed by atoms with Crippen molar-refractivity contribution < 1.29 is 13.9 Å². The van der Waals surface area contributed by atoms with Gasteiger partial charge in [0.1, 0.15) is 17.6 Å². The van der Waals surface area contributed by atoms with Gasteiger partial charge in [-0.25, -0.2) is 5.43 Å². The normalized spacial score (nSPS) is 10.3. The third-order valence-electron chi connectivity index (χ3n) is 2.34. The molecule has 0 saturated heterocycles. The van der Waals surface area contributed by atoms with Crippen molar-refractivity contribution in [2.75, 3.05) is 6.61 Å². The van der Waals surface area contributed by atoms with Crippen LogP contribution in [0.2, 0.25) is 0 Å². The van der Waals surface area contributed by atoms with Crippen LogP contribution in [0.5, 0.6) is 5.75 Å². The molecule has 2 rings (SSSR count). The monoisotopic (exact) mass is 395 g/mol. The molecule has 106 valence electrons. The summed E-state index contributed by atoms with van der Waals surface area (Å²) in [6.45, 7) is -0.230. The van der Waals surface area contributed by atoms with Crippen molar-refractivity contribution in [1.29, 1.82) is 5.26 Å². The van der Waals surface area contributed by atoms with E-state index in [9.17, 15) is 4.79 Å². The molecule has 0 bridgehead atoms. The van der Waals surface area contributed by atoms with Crippen LogP contribution in [-0.4, -0.2) is 18.7 Å². The Morgan fingerprint density at radius 1 is 1.43 bits per heavy atom. The van der Waals surface area contributed by atoms with E-state index in [-0.39, 0.29) is 6.61 Å². The minimum Gasteiger partial charge on any atom is -0.482 e. The summed E-state index contributed by atoms with van der Waals surface area (Å²) in [6.07, 6.45) is 1.39. The molecule has 0 spiro atoms. The molecule has 0 radical (unpaired) electrons. The zero-order valence-electron chi connectivity index (χ0n) is 10.7. The predicted octanol–water partition coefficient (Wildman–Crippen LogP) is 2.28. The van der Waals surface area contributed by atoms with Crippen LogP contribution in [-0.2, 0) is 4.79 Å². The summed E-state index contributed by atoms with van der Waals surface area (Å²) in [5.74, 6) is 0.468. The number of amides is 1. The topological polar surface area (TPSA) is 87.6 Å². The van der Waals surface area contributed by atoms with Gasteiger partial charge in [0.25, 0.3) is 5.91 Å². The zero-order valence-corrected chi connectivity index (χ0v) is 12.9. The summed E-state index contributed by atoms with van der Waals surface area (Å²) in [6, 6.07) is 12.2. The minimum absolute atomic E-state index is 0.230. The Hall–Kier alpha value is -2.34. The number of ether oxygens (including phenoxy) is 1. The summed E-state index contributed by atoms with van der Waals surface area (Å²) in [5, 5.41) is 12.6. The molecule has 2 aromatic rings. The molecule has 1 heterocycles. The number of hydrogen-bond donors (Lipinski definition) is 1. The van der Waals surface area contributed by atoms with Gasteiger partial charge in [0.2, 0.25) is 0 Å². The highest BCUT2D eigenvalue weighted by Crippen LogP contribution is 2.16. The summed E-state index contributed by atoms with van der Waals surface area (Å²) >= 11 is 2.03. The first kappa shape index (κ1) is 15.1. The highest BCUT2D eigenvalue weighted by atomic mass is 127. The number of para-hydroxylation sites is 1. The number of nitriles is 1. The Bertz CT molecular complexity index is 703. The number of carbonyl (C=O) groups is 1. The lowest BCUT2D eigenvalue weighted by Gasteiger charge is -2.05. The van der Waals surface area contributed by atoms with Gasteiger partial charge in [-0.1, -0.05) is 12.1 Å². The Kier molecular flexibility index (Phi) is 5.34. The molecule has 0 aliphatic rings. The van der Waals surface area contributed by atoms with Crippen LogP contribution in [0.15, 0.2) is 45.9 Å². The van der Waals surface area contributed by atoms with Crippen LogP contribution in [0.3, 0.4) is 0 Å². The molecule has 1 N–H and O–H groups in total. The van der Waals surface area contributed by atoms with Gasteiger partial charge in [0, 0.05) is 0 Å². The highest BCUT2D eigenvalue weighted by Gasteiger charge is 2.05. The number of nitrogens with zero attached hydrogens (tertiary/aromatic N) is 2. The molecule has 0 atom stereocenters. The van der Waals surface area contributed by atoms with Gasteiger partial charge >= 0.3 is 0 Å². The minimum atomic E-state index is -0.430. The fourth-order valence-corrected chi connectivity index (χ4v) is 1.86. The van der Waals surface area contributed by atoms with Gasteiger partial charge in [-0.05, 0) is 46.9 Å². The average Bonchev–Trinajstić information content (AvgIpc) is 2.91. The van der Waals surface area contributed by atoms with Crippen molar-refractivity contribution in [3.8, 4) is 11.8 Å². The summed E-state index contributed by atoms with van der Waals surface area (Å²) in [7, 11) is 0. The van der Waals surface area contributed by atoms with Crippen molar-refractivity contribution >= 4 is 34.7 Å². The van der Waals surface area contributed by atoms with Crippen molar-refractivity contribution in [3.05, 3.63) is 51.5 Å². The van der Waals surface area contributed by atoms with E-state index >= 15 is 0 Å². The molecule has 21 heavy (non-hydrogen) atoms. The number of hydrogen-bond acceptors (Lipinski definition) is 5. The molecular weight excluding hydrogens is 385 g/mol. The van der Waals surface area contributed by atoms with Gasteiger partial charge in [-0.2, -0.15) is 10.4 Å². The van der Waals surface area contributed by atoms with Gasteiger partial charge in [-0.15, -0.1) is 0 Å². The van der Waals surface area contributed by atoms with Gasteiger partial charge in [-0.3, -0.25) is 4.79 Å². The fraction of sp³-hybridized carbons (Fsp3) is 0.0714. The highest BCUT2D eigenvalue weighted by molar-refractivity contribution is 14.1. The van der Waals surface area contributed by atoms with E-state index in [0.717, 1.165) is 3.77 Å². The molecule has 0 aliphatic carbocycles. The quantitative estimate of drug-likeness (QED) is 0.478. The van der Waals surface area contributed by atoms with E-state index in [1.165, 1.54) is 6.21 Å². The number of halogens is 1. The SMILES string of the molecule is N#Cc1ccccc1OCC(=O)N/N=C/c1ccc(I)o1. The Morgan fingerprint density at radius 3 is 2.95 bits per heavy atom. The number of carbonyl (C=O) groups excluding carboxylic acids is 1. The van der Waals surface area contributed by atoms with Crippen molar-refractivity contribution in [3.63, 3.8) is 0 Å². The van der Waals surface area contributed by atoms with Crippen LogP contribution in [0.1, 0.15) is 11.3 Å². The van der Waals surface area contributed by atoms with Crippen LogP contribution < -0.4 is 10.2 Å². The fourth-order valence-electron chi connectivity index (χ4n) is 1.43. The van der Waals surface area contributed by atoms with Crippen molar-refractivity contribution in [2.45, 2.75) is 0 Å². The molecule has 0 aliphatic heterocycles. The third kappa shape index (κ3) is 4.61. The summed E-state index contributed by atoms with van der Waals surface area (Å²) in [5.41, 5.74) is 2.68. The molecule has 1 amide bonds.